The Morgan fingerprint density at radius 1 is 1.25 bits per heavy atom. The first kappa shape index (κ1) is 14.2. The molecule has 3 nitrogen and oxygen atoms in total. The molecule has 4 heteroatoms. The summed E-state index contributed by atoms with van der Waals surface area (Å²) in [7, 11) is 0. The third kappa shape index (κ3) is 3.65. The Morgan fingerprint density at radius 2 is 2.05 bits per heavy atom. The van der Waals surface area contributed by atoms with E-state index in [-0.39, 0.29) is 24.7 Å². The molecule has 20 heavy (non-hydrogen) atoms. The molecule has 0 fully saturated rings. The number of hydrogen-bond donors (Lipinski definition) is 2. The van der Waals surface area contributed by atoms with Crippen LogP contribution in [-0.4, -0.2) is 5.91 Å². The standard InChI is InChI=1S/C16H17FN2O/c1-11-3-2-4-12(7-11)8-16(20)19-14-5-6-15(17)13(9-14)10-18/h2-7,9H,8,10,18H2,1H3,(H,19,20). The third-order valence-corrected chi connectivity index (χ3v) is 3.00. The van der Waals surface area contributed by atoms with Gasteiger partial charge in [-0.15, -0.1) is 0 Å². The summed E-state index contributed by atoms with van der Waals surface area (Å²) in [4.78, 5) is 11.9. The smallest absolute Gasteiger partial charge is 0.228 e. The number of hydrogen-bond acceptors (Lipinski definition) is 2. The Hall–Kier alpha value is -2.20. The van der Waals surface area contributed by atoms with Crippen molar-refractivity contribution in [1.29, 1.82) is 0 Å². The highest BCUT2D eigenvalue weighted by Gasteiger charge is 2.07. The van der Waals surface area contributed by atoms with Crippen LogP contribution in [-0.2, 0) is 17.8 Å². The summed E-state index contributed by atoms with van der Waals surface area (Å²) in [5.41, 5.74) is 8.45. The predicted molar refractivity (Wildman–Crippen MR) is 77.8 cm³/mol. The van der Waals surface area contributed by atoms with E-state index in [4.69, 9.17) is 5.73 Å². The number of carbonyl (C=O) groups excluding carboxylic acids is 1. The molecule has 0 aliphatic carbocycles. The number of benzene rings is 2. The number of nitrogens with one attached hydrogen (secondary N) is 1. The summed E-state index contributed by atoms with van der Waals surface area (Å²) in [6.45, 7) is 2.09. The first-order chi connectivity index (χ1) is 9.58. The largest absolute Gasteiger partial charge is 0.326 e. The number of halogens is 1. The predicted octanol–water partition coefficient (Wildman–Crippen LogP) is 2.77. The van der Waals surface area contributed by atoms with Gasteiger partial charge in [0.2, 0.25) is 5.91 Å². The molecule has 0 bridgehead atoms. The van der Waals surface area contributed by atoms with Crippen LogP contribution >= 0.6 is 0 Å². The summed E-state index contributed by atoms with van der Waals surface area (Å²) in [5, 5.41) is 2.75. The fourth-order valence-electron chi connectivity index (χ4n) is 2.02. The monoisotopic (exact) mass is 272 g/mol. The van der Waals surface area contributed by atoms with E-state index in [2.05, 4.69) is 5.32 Å². The highest BCUT2D eigenvalue weighted by atomic mass is 19.1. The lowest BCUT2D eigenvalue weighted by molar-refractivity contribution is -0.115. The molecule has 2 rings (SSSR count). The van der Waals surface area contributed by atoms with Crippen LogP contribution < -0.4 is 11.1 Å². The zero-order valence-electron chi connectivity index (χ0n) is 11.3. The van der Waals surface area contributed by atoms with Gasteiger partial charge in [-0.2, -0.15) is 0 Å². The van der Waals surface area contributed by atoms with Gasteiger partial charge in [-0.05, 0) is 30.7 Å². The molecule has 0 atom stereocenters. The van der Waals surface area contributed by atoms with Crippen LogP contribution in [0.15, 0.2) is 42.5 Å². The molecule has 0 aliphatic heterocycles. The van der Waals surface area contributed by atoms with Gasteiger partial charge in [0.1, 0.15) is 5.82 Å². The van der Waals surface area contributed by atoms with Gasteiger partial charge in [0.25, 0.3) is 0 Å². The zero-order valence-corrected chi connectivity index (χ0v) is 11.3. The first-order valence-electron chi connectivity index (χ1n) is 6.42. The van der Waals surface area contributed by atoms with Gasteiger partial charge >= 0.3 is 0 Å². The Labute approximate surface area is 117 Å². The van der Waals surface area contributed by atoms with Gasteiger partial charge in [-0.1, -0.05) is 29.8 Å². The zero-order chi connectivity index (χ0) is 14.5. The van der Waals surface area contributed by atoms with Crippen molar-refractivity contribution in [3.05, 3.63) is 65.0 Å². The Bertz CT molecular complexity index is 626. The third-order valence-electron chi connectivity index (χ3n) is 3.00. The number of rotatable bonds is 4. The maximum absolute atomic E-state index is 13.3. The molecule has 2 aromatic carbocycles. The molecule has 0 unspecified atom stereocenters. The molecule has 0 aliphatic rings. The summed E-state index contributed by atoms with van der Waals surface area (Å²) in [6.07, 6.45) is 0.289. The normalized spacial score (nSPS) is 10.3. The Kier molecular flexibility index (Phi) is 4.48. The second kappa shape index (κ2) is 6.30. The number of carbonyl (C=O) groups is 1. The summed E-state index contributed by atoms with van der Waals surface area (Å²) >= 11 is 0. The lowest BCUT2D eigenvalue weighted by Gasteiger charge is -2.08. The van der Waals surface area contributed by atoms with E-state index in [9.17, 15) is 9.18 Å². The molecule has 104 valence electrons. The molecule has 2 aromatic rings. The molecule has 1 amide bonds. The van der Waals surface area contributed by atoms with Crippen LogP contribution in [0, 0.1) is 12.7 Å². The van der Waals surface area contributed by atoms with Crippen LogP contribution in [0.5, 0.6) is 0 Å². The minimum Gasteiger partial charge on any atom is -0.326 e. The van der Waals surface area contributed by atoms with E-state index < -0.39 is 0 Å². The van der Waals surface area contributed by atoms with Gasteiger partial charge in [0, 0.05) is 17.8 Å². The first-order valence-corrected chi connectivity index (χ1v) is 6.42. The molecule has 0 radical (unpaired) electrons. The second-order valence-electron chi connectivity index (χ2n) is 4.72. The Balaban J connectivity index is 2.04. The number of anilines is 1. The molecule has 3 N–H and O–H groups in total. The van der Waals surface area contributed by atoms with Gasteiger partial charge in [0.15, 0.2) is 0 Å². The number of amides is 1. The summed E-state index contributed by atoms with van der Waals surface area (Å²) < 4.78 is 13.3. The SMILES string of the molecule is Cc1cccc(CC(=O)Nc2ccc(F)c(CN)c2)c1. The fraction of sp³-hybridized carbons (Fsp3) is 0.188. The topological polar surface area (TPSA) is 55.1 Å². The van der Waals surface area contributed by atoms with Crippen LogP contribution in [0.1, 0.15) is 16.7 Å². The van der Waals surface area contributed by atoms with E-state index in [0.29, 0.717) is 11.3 Å². The maximum Gasteiger partial charge on any atom is 0.228 e. The van der Waals surface area contributed by atoms with E-state index in [0.717, 1.165) is 11.1 Å². The molecule has 0 saturated carbocycles. The Morgan fingerprint density at radius 3 is 2.75 bits per heavy atom. The molecule has 0 spiro atoms. The average molecular weight is 272 g/mol. The minimum absolute atomic E-state index is 0.105. The van der Waals surface area contributed by atoms with E-state index in [1.54, 1.807) is 6.07 Å². The number of aryl methyl sites for hydroxylation is 1. The van der Waals surface area contributed by atoms with Crippen molar-refractivity contribution < 1.29 is 9.18 Å². The van der Waals surface area contributed by atoms with Crippen molar-refractivity contribution >= 4 is 11.6 Å². The molecular weight excluding hydrogens is 255 g/mol. The van der Waals surface area contributed by atoms with Crippen molar-refractivity contribution in [2.24, 2.45) is 5.73 Å². The van der Waals surface area contributed by atoms with E-state index in [1.807, 2.05) is 31.2 Å². The van der Waals surface area contributed by atoms with E-state index >= 15 is 0 Å². The van der Waals surface area contributed by atoms with Crippen molar-refractivity contribution in [3.8, 4) is 0 Å². The van der Waals surface area contributed by atoms with E-state index in [1.165, 1.54) is 12.1 Å². The lowest BCUT2D eigenvalue weighted by atomic mass is 10.1. The van der Waals surface area contributed by atoms with Crippen molar-refractivity contribution in [1.82, 2.24) is 0 Å². The minimum atomic E-state index is -0.357. The lowest BCUT2D eigenvalue weighted by Crippen LogP contribution is -2.15. The van der Waals surface area contributed by atoms with Crippen LogP contribution in [0.25, 0.3) is 0 Å². The van der Waals surface area contributed by atoms with Gasteiger partial charge in [-0.25, -0.2) is 4.39 Å². The molecular formula is C16H17FN2O. The van der Waals surface area contributed by atoms with Crippen LogP contribution in [0.4, 0.5) is 10.1 Å². The van der Waals surface area contributed by atoms with Gasteiger partial charge in [0.05, 0.1) is 6.42 Å². The fourth-order valence-corrected chi connectivity index (χ4v) is 2.02. The van der Waals surface area contributed by atoms with Crippen molar-refractivity contribution in [3.63, 3.8) is 0 Å². The van der Waals surface area contributed by atoms with Crippen LogP contribution in [0.3, 0.4) is 0 Å². The summed E-state index contributed by atoms with van der Waals surface area (Å²) in [5.74, 6) is -0.491. The van der Waals surface area contributed by atoms with Crippen molar-refractivity contribution in [2.45, 2.75) is 19.9 Å². The number of nitrogens with two attached hydrogens (primary N) is 1. The van der Waals surface area contributed by atoms with Crippen molar-refractivity contribution in [2.75, 3.05) is 5.32 Å². The molecule has 0 saturated heterocycles. The highest BCUT2D eigenvalue weighted by molar-refractivity contribution is 5.92. The quantitative estimate of drug-likeness (QED) is 0.899. The van der Waals surface area contributed by atoms with Crippen LogP contribution in [0.2, 0.25) is 0 Å². The van der Waals surface area contributed by atoms with Gasteiger partial charge < -0.3 is 11.1 Å². The second-order valence-corrected chi connectivity index (χ2v) is 4.72. The van der Waals surface area contributed by atoms with Gasteiger partial charge in [-0.3, -0.25) is 4.79 Å². The maximum atomic E-state index is 13.3. The highest BCUT2D eigenvalue weighted by Crippen LogP contribution is 2.15. The molecule has 0 heterocycles. The molecule has 0 aromatic heterocycles. The summed E-state index contributed by atoms with van der Waals surface area (Å²) in [6, 6.07) is 12.2. The average Bonchev–Trinajstić information content (AvgIpc) is 2.41.